The summed E-state index contributed by atoms with van der Waals surface area (Å²) in [6.45, 7) is -0.411. The standard InChI is InChI=1S/C8H11F4NO2/c9-6(10)8(11,12)7(15)13-3-5(14)4-1-2-4/h4-6,14H,1-3H2,(H,13,15). The maximum Gasteiger partial charge on any atom is 0.383 e. The highest BCUT2D eigenvalue weighted by molar-refractivity contribution is 5.83. The molecule has 0 saturated heterocycles. The lowest BCUT2D eigenvalue weighted by Crippen LogP contribution is -2.47. The van der Waals surface area contributed by atoms with Crippen molar-refractivity contribution >= 4 is 5.91 Å². The molecule has 7 heteroatoms. The molecule has 1 amide bonds. The second-order valence-electron chi connectivity index (χ2n) is 3.54. The highest BCUT2D eigenvalue weighted by Crippen LogP contribution is 2.32. The number of hydrogen-bond donors (Lipinski definition) is 2. The van der Waals surface area contributed by atoms with Crippen LogP contribution >= 0.6 is 0 Å². The molecule has 0 aromatic heterocycles. The predicted molar refractivity (Wildman–Crippen MR) is 42.7 cm³/mol. The molecule has 15 heavy (non-hydrogen) atoms. The normalized spacial score (nSPS) is 19.1. The topological polar surface area (TPSA) is 49.3 Å². The van der Waals surface area contributed by atoms with Gasteiger partial charge in [0.05, 0.1) is 6.10 Å². The molecule has 1 saturated carbocycles. The van der Waals surface area contributed by atoms with Gasteiger partial charge in [-0.2, -0.15) is 8.78 Å². The first-order valence-corrected chi connectivity index (χ1v) is 4.48. The Labute approximate surface area is 83.5 Å². The third-order valence-electron chi connectivity index (χ3n) is 2.21. The second-order valence-corrected chi connectivity index (χ2v) is 3.54. The Morgan fingerprint density at radius 3 is 2.40 bits per heavy atom. The van der Waals surface area contributed by atoms with Crippen LogP contribution in [-0.2, 0) is 4.79 Å². The minimum absolute atomic E-state index is 0.00882. The van der Waals surface area contributed by atoms with Crippen molar-refractivity contribution in [2.24, 2.45) is 5.92 Å². The number of amides is 1. The van der Waals surface area contributed by atoms with Crippen molar-refractivity contribution < 1.29 is 27.5 Å². The highest BCUT2D eigenvalue weighted by atomic mass is 19.3. The van der Waals surface area contributed by atoms with E-state index in [0.29, 0.717) is 0 Å². The van der Waals surface area contributed by atoms with Gasteiger partial charge in [0.15, 0.2) is 0 Å². The first-order chi connectivity index (χ1) is 6.85. The minimum atomic E-state index is -4.69. The number of rotatable bonds is 5. The molecule has 1 fully saturated rings. The third-order valence-corrected chi connectivity index (χ3v) is 2.21. The lowest BCUT2D eigenvalue weighted by atomic mass is 10.2. The largest absolute Gasteiger partial charge is 0.391 e. The van der Waals surface area contributed by atoms with Gasteiger partial charge in [-0.05, 0) is 18.8 Å². The van der Waals surface area contributed by atoms with Gasteiger partial charge in [0.25, 0.3) is 5.91 Å². The van der Waals surface area contributed by atoms with Crippen LogP contribution in [0.5, 0.6) is 0 Å². The van der Waals surface area contributed by atoms with Crippen LogP contribution < -0.4 is 5.32 Å². The van der Waals surface area contributed by atoms with Crippen molar-refractivity contribution in [3.05, 3.63) is 0 Å². The molecule has 0 heterocycles. The van der Waals surface area contributed by atoms with Gasteiger partial charge < -0.3 is 10.4 Å². The Bertz CT molecular complexity index is 243. The molecule has 3 nitrogen and oxygen atoms in total. The van der Waals surface area contributed by atoms with Gasteiger partial charge in [0.2, 0.25) is 0 Å². The maximum atomic E-state index is 12.4. The highest BCUT2D eigenvalue weighted by Gasteiger charge is 2.49. The van der Waals surface area contributed by atoms with Gasteiger partial charge in [0.1, 0.15) is 0 Å². The Morgan fingerprint density at radius 1 is 1.47 bits per heavy atom. The summed E-state index contributed by atoms with van der Waals surface area (Å²) >= 11 is 0. The summed E-state index contributed by atoms with van der Waals surface area (Å²) in [6, 6.07) is 0. The molecule has 0 radical (unpaired) electrons. The zero-order valence-corrected chi connectivity index (χ0v) is 7.72. The molecule has 0 aromatic carbocycles. The van der Waals surface area contributed by atoms with Crippen LogP contribution in [0.2, 0.25) is 0 Å². The van der Waals surface area contributed by atoms with Gasteiger partial charge in [-0.3, -0.25) is 4.79 Å². The number of alkyl halides is 4. The Hall–Kier alpha value is -0.850. The third kappa shape index (κ3) is 3.05. The molecular weight excluding hydrogens is 218 g/mol. The van der Waals surface area contributed by atoms with Crippen molar-refractivity contribution in [1.82, 2.24) is 5.32 Å². The lowest BCUT2D eigenvalue weighted by molar-refractivity contribution is -0.169. The fourth-order valence-corrected chi connectivity index (χ4v) is 1.06. The average Bonchev–Trinajstić information content (AvgIpc) is 2.96. The van der Waals surface area contributed by atoms with E-state index in [1.807, 2.05) is 0 Å². The average molecular weight is 229 g/mol. The molecule has 1 aliphatic rings. The molecule has 1 atom stereocenters. The SMILES string of the molecule is O=C(NCC(O)C1CC1)C(F)(F)C(F)F. The molecule has 1 aliphatic carbocycles. The van der Waals surface area contributed by atoms with Gasteiger partial charge in [-0.1, -0.05) is 0 Å². The Morgan fingerprint density at radius 2 is 2.00 bits per heavy atom. The van der Waals surface area contributed by atoms with Crippen molar-refractivity contribution in [2.45, 2.75) is 31.3 Å². The van der Waals surface area contributed by atoms with E-state index in [1.54, 1.807) is 5.32 Å². The molecule has 0 bridgehead atoms. The van der Waals surface area contributed by atoms with Crippen LogP contribution in [0.15, 0.2) is 0 Å². The second kappa shape index (κ2) is 4.34. The van der Waals surface area contributed by atoms with E-state index in [2.05, 4.69) is 0 Å². The van der Waals surface area contributed by atoms with Crippen LogP contribution in [0.4, 0.5) is 17.6 Å². The molecule has 1 rings (SSSR count). The number of aliphatic hydroxyl groups excluding tert-OH is 1. The number of carbonyl (C=O) groups excluding carboxylic acids is 1. The fraction of sp³-hybridized carbons (Fsp3) is 0.875. The predicted octanol–water partition coefficient (Wildman–Crippen LogP) is 0.774. The van der Waals surface area contributed by atoms with Gasteiger partial charge in [0, 0.05) is 6.54 Å². The van der Waals surface area contributed by atoms with E-state index < -0.39 is 30.9 Å². The Kier molecular flexibility index (Phi) is 3.54. The molecule has 2 N–H and O–H groups in total. The van der Waals surface area contributed by atoms with E-state index in [9.17, 15) is 27.5 Å². The quantitative estimate of drug-likeness (QED) is 0.684. The monoisotopic (exact) mass is 229 g/mol. The van der Waals surface area contributed by atoms with E-state index in [4.69, 9.17) is 0 Å². The van der Waals surface area contributed by atoms with Crippen molar-refractivity contribution in [3.63, 3.8) is 0 Å². The first-order valence-electron chi connectivity index (χ1n) is 4.48. The molecule has 0 spiro atoms. The molecule has 88 valence electrons. The summed E-state index contributed by atoms with van der Waals surface area (Å²) in [7, 11) is 0. The molecule has 1 unspecified atom stereocenters. The molecular formula is C8H11F4NO2. The number of halogens is 4. The van der Waals surface area contributed by atoms with Crippen molar-refractivity contribution in [3.8, 4) is 0 Å². The zero-order chi connectivity index (χ0) is 11.6. The summed E-state index contributed by atoms with van der Waals surface area (Å²) < 4.78 is 48.1. The van der Waals surface area contributed by atoms with Crippen LogP contribution in [-0.4, -0.2) is 36.0 Å². The van der Waals surface area contributed by atoms with E-state index in [0.717, 1.165) is 12.8 Å². The lowest BCUT2D eigenvalue weighted by Gasteiger charge is -2.16. The van der Waals surface area contributed by atoms with Crippen molar-refractivity contribution in [1.29, 1.82) is 0 Å². The van der Waals surface area contributed by atoms with Gasteiger partial charge in [-0.25, -0.2) is 8.78 Å². The summed E-state index contributed by atoms with van der Waals surface area (Å²) in [5.74, 6) is -6.74. The van der Waals surface area contributed by atoms with E-state index in [1.165, 1.54) is 0 Å². The maximum absolute atomic E-state index is 12.4. The zero-order valence-electron chi connectivity index (χ0n) is 7.72. The Balaban J connectivity index is 2.34. The summed E-state index contributed by atoms with van der Waals surface area (Å²) in [4.78, 5) is 10.6. The summed E-state index contributed by atoms with van der Waals surface area (Å²) in [5, 5.41) is 10.8. The number of nitrogens with one attached hydrogen (secondary N) is 1. The smallest absolute Gasteiger partial charge is 0.383 e. The van der Waals surface area contributed by atoms with Crippen LogP contribution in [0.3, 0.4) is 0 Å². The van der Waals surface area contributed by atoms with Gasteiger partial charge in [-0.15, -0.1) is 0 Å². The van der Waals surface area contributed by atoms with Crippen LogP contribution in [0, 0.1) is 5.92 Å². The first kappa shape index (κ1) is 12.2. The van der Waals surface area contributed by atoms with Gasteiger partial charge >= 0.3 is 12.3 Å². The van der Waals surface area contributed by atoms with Crippen LogP contribution in [0.1, 0.15) is 12.8 Å². The molecule has 0 aliphatic heterocycles. The number of aliphatic hydroxyl groups is 1. The summed E-state index contributed by atoms with van der Waals surface area (Å²) in [6.07, 6.45) is -3.43. The van der Waals surface area contributed by atoms with Crippen LogP contribution in [0.25, 0.3) is 0 Å². The fourth-order valence-electron chi connectivity index (χ4n) is 1.06. The van der Waals surface area contributed by atoms with E-state index in [-0.39, 0.29) is 5.92 Å². The molecule has 0 aromatic rings. The number of hydrogen-bond acceptors (Lipinski definition) is 2. The van der Waals surface area contributed by atoms with E-state index >= 15 is 0 Å². The minimum Gasteiger partial charge on any atom is -0.391 e. The van der Waals surface area contributed by atoms with Crippen molar-refractivity contribution in [2.75, 3.05) is 6.54 Å². The number of carbonyl (C=O) groups is 1. The summed E-state index contributed by atoms with van der Waals surface area (Å²) in [5.41, 5.74) is 0.